The van der Waals surface area contributed by atoms with E-state index in [2.05, 4.69) is 63.2 Å². The molecule has 120 valence electrons. The van der Waals surface area contributed by atoms with Crippen LogP contribution in [-0.4, -0.2) is 37.2 Å². The third kappa shape index (κ3) is 7.49. The van der Waals surface area contributed by atoms with Crippen molar-refractivity contribution in [2.75, 3.05) is 20.1 Å². The van der Waals surface area contributed by atoms with Gasteiger partial charge in [0.1, 0.15) is 5.75 Å². The van der Waals surface area contributed by atoms with Crippen molar-refractivity contribution in [1.82, 2.24) is 10.2 Å². The van der Waals surface area contributed by atoms with E-state index in [1.54, 1.807) is 0 Å². The van der Waals surface area contributed by atoms with Crippen LogP contribution in [0.4, 0.5) is 0 Å². The monoisotopic (exact) mass is 292 g/mol. The number of rotatable bonds is 10. The number of hydrogen-bond donors (Lipinski definition) is 1. The highest BCUT2D eigenvalue weighted by molar-refractivity contribution is 5.33. The smallest absolute Gasteiger partial charge is 0.124 e. The molecule has 1 aromatic carbocycles. The van der Waals surface area contributed by atoms with Gasteiger partial charge in [0.05, 0.1) is 6.10 Å². The molecule has 0 bridgehead atoms. The highest BCUT2D eigenvalue weighted by atomic mass is 16.5. The zero-order valence-electron chi connectivity index (χ0n) is 14.4. The number of unbranched alkanes of at least 4 members (excludes halogenated alkanes) is 1. The number of para-hydroxylation sites is 1. The van der Waals surface area contributed by atoms with Crippen LogP contribution in [0.15, 0.2) is 24.3 Å². The summed E-state index contributed by atoms with van der Waals surface area (Å²) in [5.41, 5.74) is 1.24. The average Bonchev–Trinajstić information content (AvgIpc) is 2.43. The molecule has 0 saturated heterocycles. The molecule has 3 heteroatoms. The predicted molar refractivity (Wildman–Crippen MR) is 90.9 cm³/mol. The van der Waals surface area contributed by atoms with E-state index in [0.717, 1.165) is 18.8 Å². The summed E-state index contributed by atoms with van der Waals surface area (Å²) in [5.74, 6) is 1.000. The zero-order valence-corrected chi connectivity index (χ0v) is 14.4. The molecule has 1 rings (SSSR count). The highest BCUT2D eigenvalue weighted by Gasteiger charge is 2.05. The third-order valence-electron chi connectivity index (χ3n) is 3.65. The van der Waals surface area contributed by atoms with Crippen LogP contribution in [0.2, 0.25) is 0 Å². The van der Waals surface area contributed by atoms with Crippen molar-refractivity contribution in [3.8, 4) is 5.75 Å². The van der Waals surface area contributed by atoms with Crippen molar-refractivity contribution in [3.63, 3.8) is 0 Å². The molecule has 21 heavy (non-hydrogen) atoms. The van der Waals surface area contributed by atoms with Gasteiger partial charge in [-0.25, -0.2) is 0 Å². The Morgan fingerprint density at radius 1 is 1.10 bits per heavy atom. The molecule has 0 aliphatic carbocycles. The summed E-state index contributed by atoms with van der Waals surface area (Å²) in [5, 5.41) is 3.52. The normalized spacial score (nSPS) is 11.6. The van der Waals surface area contributed by atoms with Crippen LogP contribution >= 0.6 is 0 Å². The molecule has 1 N–H and O–H groups in total. The lowest BCUT2D eigenvalue weighted by Crippen LogP contribution is -2.27. The highest BCUT2D eigenvalue weighted by Crippen LogP contribution is 2.19. The summed E-state index contributed by atoms with van der Waals surface area (Å²) in [7, 11) is 2.19. The van der Waals surface area contributed by atoms with E-state index < -0.39 is 0 Å². The first kappa shape index (κ1) is 18.0. The fourth-order valence-corrected chi connectivity index (χ4v) is 2.11. The molecular weight excluding hydrogens is 260 g/mol. The first-order chi connectivity index (χ1) is 10.0. The Kier molecular flexibility index (Phi) is 8.40. The molecule has 0 spiro atoms. The van der Waals surface area contributed by atoms with Gasteiger partial charge < -0.3 is 15.0 Å². The molecular formula is C18H32N2O. The van der Waals surface area contributed by atoms with Gasteiger partial charge in [0.2, 0.25) is 0 Å². The first-order valence-electron chi connectivity index (χ1n) is 8.16. The minimum absolute atomic E-state index is 0.220. The molecule has 0 aliphatic heterocycles. The van der Waals surface area contributed by atoms with Gasteiger partial charge in [-0.3, -0.25) is 0 Å². The van der Waals surface area contributed by atoms with Gasteiger partial charge in [-0.05, 0) is 66.7 Å². The van der Waals surface area contributed by atoms with Crippen LogP contribution in [0, 0.1) is 0 Å². The standard InChI is InChI=1S/C18H32N2O/c1-15(2)20(5)13-9-8-12-19-14-17-10-6-7-11-18(17)21-16(3)4/h6-7,10-11,15-16,19H,8-9,12-14H2,1-5H3. The Bertz CT molecular complexity index is 391. The molecule has 3 nitrogen and oxygen atoms in total. The van der Waals surface area contributed by atoms with Gasteiger partial charge in [-0.2, -0.15) is 0 Å². The quantitative estimate of drug-likeness (QED) is 0.666. The van der Waals surface area contributed by atoms with Crippen LogP contribution in [-0.2, 0) is 6.54 Å². The maximum Gasteiger partial charge on any atom is 0.124 e. The Morgan fingerprint density at radius 3 is 2.48 bits per heavy atom. The van der Waals surface area contributed by atoms with Crippen LogP contribution in [0.1, 0.15) is 46.1 Å². The lowest BCUT2D eigenvalue weighted by atomic mass is 10.2. The minimum Gasteiger partial charge on any atom is -0.491 e. The maximum atomic E-state index is 5.83. The van der Waals surface area contributed by atoms with Gasteiger partial charge in [0.25, 0.3) is 0 Å². The number of hydrogen-bond acceptors (Lipinski definition) is 3. The maximum absolute atomic E-state index is 5.83. The van der Waals surface area contributed by atoms with Crippen LogP contribution in [0.3, 0.4) is 0 Å². The molecule has 0 radical (unpaired) electrons. The number of nitrogens with one attached hydrogen (secondary N) is 1. The Hall–Kier alpha value is -1.06. The third-order valence-corrected chi connectivity index (χ3v) is 3.65. The predicted octanol–water partition coefficient (Wildman–Crippen LogP) is 3.68. The van der Waals surface area contributed by atoms with Crippen molar-refractivity contribution in [3.05, 3.63) is 29.8 Å². The van der Waals surface area contributed by atoms with Crippen molar-refractivity contribution in [2.24, 2.45) is 0 Å². The molecule has 0 aliphatic rings. The molecule has 0 heterocycles. The Morgan fingerprint density at radius 2 is 1.81 bits per heavy atom. The SMILES string of the molecule is CC(C)Oc1ccccc1CNCCCCN(C)C(C)C. The fourth-order valence-electron chi connectivity index (χ4n) is 2.11. The van der Waals surface area contributed by atoms with Crippen LogP contribution in [0.25, 0.3) is 0 Å². The van der Waals surface area contributed by atoms with Crippen molar-refractivity contribution in [1.29, 1.82) is 0 Å². The van der Waals surface area contributed by atoms with Gasteiger partial charge in [-0.1, -0.05) is 18.2 Å². The summed E-state index contributed by atoms with van der Waals surface area (Å²) in [6.07, 6.45) is 2.67. The van der Waals surface area contributed by atoms with Crippen molar-refractivity contribution < 1.29 is 4.74 Å². The summed E-state index contributed by atoms with van der Waals surface area (Å²) in [6.45, 7) is 11.7. The van der Waals surface area contributed by atoms with Crippen LogP contribution in [0.5, 0.6) is 5.75 Å². The van der Waals surface area contributed by atoms with E-state index in [0.29, 0.717) is 6.04 Å². The summed E-state index contributed by atoms with van der Waals surface area (Å²) >= 11 is 0. The van der Waals surface area contributed by atoms with E-state index in [1.807, 2.05) is 6.07 Å². The van der Waals surface area contributed by atoms with E-state index in [1.165, 1.54) is 24.9 Å². The molecule has 0 atom stereocenters. The molecule has 0 unspecified atom stereocenters. The van der Waals surface area contributed by atoms with Gasteiger partial charge in [0, 0.05) is 18.2 Å². The average molecular weight is 292 g/mol. The van der Waals surface area contributed by atoms with E-state index in [-0.39, 0.29) is 6.10 Å². The topological polar surface area (TPSA) is 24.5 Å². The van der Waals surface area contributed by atoms with E-state index in [4.69, 9.17) is 4.74 Å². The number of ether oxygens (including phenoxy) is 1. The molecule has 1 aromatic rings. The summed E-state index contributed by atoms with van der Waals surface area (Å²) in [6, 6.07) is 8.93. The molecule has 0 amide bonds. The largest absolute Gasteiger partial charge is 0.491 e. The molecule has 0 fully saturated rings. The van der Waals surface area contributed by atoms with Gasteiger partial charge in [0.15, 0.2) is 0 Å². The number of benzene rings is 1. The molecule has 0 saturated carbocycles. The second-order valence-corrected chi connectivity index (χ2v) is 6.23. The molecule has 0 aromatic heterocycles. The second kappa shape index (κ2) is 9.80. The second-order valence-electron chi connectivity index (χ2n) is 6.23. The van der Waals surface area contributed by atoms with Gasteiger partial charge >= 0.3 is 0 Å². The van der Waals surface area contributed by atoms with Crippen molar-refractivity contribution in [2.45, 2.75) is 59.2 Å². The lowest BCUT2D eigenvalue weighted by Gasteiger charge is -2.20. The van der Waals surface area contributed by atoms with Crippen molar-refractivity contribution >= 4 is 0 Å². The van der Waals surface area contributed by atoms with E-state index >= 15 is 0 Å². The van der Waals surface area contributed by atoms with Gasteiger partial charge in [-0.15, -0.1) is 0 Å². The minimum atomic E-state index is 0.220. The van der Waals surface area contributed by atoms with Crippen LogP contribution < -0.4 is 10.1 Å². The Labute approximate surface area is 130 Å². The fraction of sp³-hybridized carbons (Fsp3) is 0.667. The Balaban J connectivity index is 2.24. The summed E-state index contributed by atoms with van der Waals surface area (Å²) < 4.78 is 5.83. The van der Waals surface area contributed by atoms with E-state index in [9.17, 15) is 0 Å². The number of nitrogens with zero attached hydrogens (tertiary/aromatic N) is 1. The first-order valence-corrected chi connectivity index (χ1v) is 8.16. The zero-order chi connectivity index (χ0) is 15.7. The lowest BCUT2D eigenvalue weighted by molar-refractivity contribution is 0.239. The summed E-state index contributed by atoms with van der Waals surface area (Å²) in [4.78, 5) is 2.39.